The fourth-order valence-corrected chi connectivity index (χ4v) is 4.77. The van der Waals surface area contributed by atoms with Crippen molar-refractivity contribution < 1.29 is 17.7 Å². The van der Waals surface area contributed by atoms with Gasteiger partial charge in [0.2, 0.25) is 21.7 Å². The Bertz CT molecular complexity index is 1440. The van der Waals surface area contributed by atoms with Crippen LogP contribution in [0.1, 0.15) is 34.4 Å². The van der Waals surface area contributed by atoms with Gasteiger partial charge in [-0.1, -0.05) is 23.4 Å². The summed E-state index contributed by atoms with van der Waals surface area (Å²) in [6.45, 7) is 2.32. The van der Waals surface area contributed by atoms with Crippen molar-refractivity contribution in [1.29, 1.82) is 0 Å². The van der Waals surface area contributed by atoms with E-state index in [2.05, 4.69) is 20.4 Å². The molecular formula is C21H20N6O4S. The molecule has 1 aromatic carbocycles. The number of hydrogen-bond acceptors (Lipinski definition) is 7. The highest BCUT2D eigenvalue weighted by Gasteiger charge is 2.39. The van der Waals surface area contributed by atoms with Crippen LogP contribution in [0.2, 0.25) is 0 Å². The Morgan fingerprint density at radius 1 is 1.25 bits per heavy atom. The van der Waals surface area contributed by atoms with E-state index in [9.17, 15) is 13.2 Å². The minimum absolute atomic E-state index is 0.258. The molecule has 4 heterocycles. The van der Waals surface area contributed by atoms with Gasteiger partial charge in [0.15, 0.2) is 0 Å². The van der Waals surface area contributed by atoms with Gasteiger partial charge in [-0.15, -0.1) is 0 Å². The van der Waals surface area contributed by atoms with Gasteiger partial charge in [-0.3, -0.25) is 9.20 Å². The number of fused-ring (bicyclic) bond motifs is 1. The summed E-state index contributed by atoms with van der Waals surface area (Å²) in [7, 11) is -3.33. The fourth-order valence-electron chi connectivity index (χ4n) is 3.68. The van der Waals surface area contributed by atoms with Crippen LogP contribution >= 0.6 is 0 Å². The van der Waals surface area contributed by atoms with Crippen LogP contribution in [0.3, 0.4) is 0 Å². The number of imidazole rings is 1. The van der Waals surface area contributed by atoms with Crippen molar-refractivity contribution in [3.05, 3.63) is 65.9 Å². The van der Waals surface area contributed by atoms with Gasteiger partial charge in [-0.2, -0.15) is 9.29 Å². The van der Waals surface area contributed by atoms with Crippen LogP contribution in [-0.2, 0) is 10.0 Å². The fraction of sp³-hybridized carbons (Fsp3) is 0.238. The summed E-state index contributed by atoms with van der Waals surface area (Å²) in [5.41, 5.74) is 3.21. The molecule has 1 N–H and O–H groups in total. The summed E-state index contributed by atoms with van der Waals surface area (Å²) < 4.78 is 32.0. The Kier molecular flexibility index (Phi) is 4.79. The molecule has 0 spiro atoms. The number of aromatic nitrogens is 4. The van der Waals surface area contributed by atoms with E-state index in [1.807, 2.05) is 37.3 Å². The van der Waals surface area contributed by atoms with Gasteiger partial charge in [0, 0.05) is 24.0 Å². The maximum absolute atomic E-state index is 12.9. The second-order valence-corrected chi connectivity index (χ2v) is 9.63. The molecule has 1 aliphatic heterocycles. The molecule has 4 aromatic rings. The summed E-state index contributed by atoms with van der Waals surface area (Å²) in [5.74, 6) is 0.287. The first-order valence-corrected chi connectivity index (χ1v) is 11.8. The highest BCUT2D eigenvalue weighted by Crippen LogP contribution is 2.35. The van der Waals surface area contributed by atoms with Crippen molar-refractivity contribution in [2.75, 3.05) is 18.1 Å². The molecule has 0 bridgehead atoms. The quantitative estimate of drug-likeness (QED) is 0.494. The minimum atomic E-state index is -3.33. The maximum atomic E-state index is 12.9. The minimum Gasteiger partial charge on any atom is -0.337 e. The van der Waals surface area contributed by atoms with Crippen LogP contribution in [0.25, 0.3) is 17.0 Å². The number of nitrogens with zero attached hydrogens (tertiary/aromatic N) is 5. The van der Waals surface area contributed by atoms with Crippen LogP contribution in [0.4, 0.5) is 5.69 Å². The molecule has 5 rings (SSSR count). The highest BCUT2D eigenvalue weighted by atomic mass is 32.2. The third kappa shape index (κ3) is 3.55. The van der Waals surface area contributed by atoms with Gasteiger partial charge in [0.1, 0.15) is 17.4 Å². The molecule has 11 heteroatoms. The summed E-state index contributed by atoms with van der Waals surface area (Å²) in [4.78, 5) is 21.5. The van der Waals surface area contributed by atoms with Crippen LogP contribution in [0.15, 0.2) is 53.3 Å². The normalized spacial score (nSPS) is 16.8. The number of amides is 1. The molecule has 0 aliphatic carbocycles. The third-order valence-electron chi connectivity index (χ3n) is 5.52. The number of rotatable bonds is 5. The predicted octanol–water partition coefficient (Wildman–Crippen LogP) is 2.65. The lowest BCUT2D eigenvalue weighted by Gasteiger charge is -2.35. The molecule has 0 saturated carbocycles. The number of aryl methyl sites for hydroxylation is 1. The predicted molar refractivity (Wildman–Crippen MR) is 117 cm³/mol. The Balaban J connectivity index is 1.40. The van der Waals surface area contributed by atoms with E-state index >= 15 is 0 Å². The molecule has 0 unspecified atom stereocenters. The van der Waals surface area contributed by atoms with Gasteiger partial charge in [0.05, 0.1) is 12.5 Å². The zero-order chi connectivity index (χ0) is 22.5. The Morgan fingerprint density at radius 3 is 2.84 bits per heavy atom. The number of carbonyl (C=O) groups excluding carboxylic acids is 1. The molecule has 3 aromatic heterocycles. The van der Waals surface area contributed by atoms with Crippen molar-refractivity contribution >= 4 is 27.3 Å². The zero-order valence-corrected chi connectivity index (χ0v) is 18.2. The monoisotopic (exact) mass is 452 g/mol. The summed E-state index contributed by atoms with van der Waals surface area (Å²) in [5, 5.41) is 6.93. The lowest BCUT2D eigenvalue weighted by atomic mass is 10.1. The number of pyridine rings is 1. The average Bonchev–Trinajstić information content (AvgIpc) is 3.35. The van der Waals surface area contributed by atoms with E-state index in [1.165, 1.54) is 10.5 Å². The van der Waals surface area contributed by atoms with Gasteiger partial charge in [-0.25, -0.2) is 13.4 Å². The summed E-state index contributed by atoms with van der Waals surface area (Å²) in [6.07, 6.45) is 5.10. The van der Waals surface area contributed by atoms with Crippen LogP contribution in [-0.4, -0.2) is 51.0 Å². The van der Waals surface area contributed by atoms with Crippen molar-refractivity contribution in [1.82, 2.24) is 23.8 Å². The lowest BCUT2D eigenvalue weighted by Crippen LogP contribution is -2.44. The number of hydrogen-bond donors (Lipinski definition) is 1. The summed E-state index contributed by atoms with van der Waals surface area (Å²) >= 11 is 0. The number of sulfonamides is 1. The van der Waals surface area contributed by atoms with Gasteiger partial charge in [-0.05, 0) is 37.1 Å². The highest BCUT2D eigenvalue weighted by molar-refractivity contribution is 7.88. The molecule has 32 heavy (non-hydrogen) atoms. The largest absolute Gasteiger partial charge is 0.337 e. The van der Waals surface area contributed by atoms with Crippen molar-refractivity contribution in [2.24, 2.45) is 0 Å². The number of nitrogens with one attached hydrogen (secondary N) is 1. The maximum Gasteiger partial charge on any atom is 0.274 e. The van der Waals surface area contributed by atoms with E-state index in [0.717, 1.165) is 11.8 Å². The first-order chi connectivity index (χ1) is 15.3. The van der Waals surface area contributed by atoms with E-state index in [1.54, 1.807) is 16.7 Å². The summed E-state index contributed by atoms with van der Waals surface area (Å²) in [6, 6.07) is 10.5. The SMILES string of the molecule is Cc1ccc(-c2noc([C@H]3CCN3S(C)(=O)=O)n2)cc1NC(=O)c1cnc2ccccn12. The van der Waals surface area contributed by atoms with Gasteiger partial charge >= 0.3 is 0 Å². The Morgan fingerprint density at radius 2 is 2.09 bits per heavy atom. The van der Waals surface area contributed by atoms with Gasteiger partial charge in [0.25, 0.3) is 5.91 Å². The van der Waals surface area contributed by atoms with E-state index in [4.69, 9.17) is 4.52 Å². The lowest BCUT2D eigenvalue weighted by molar-refractivity contribution is 0.102. The van der Waals surface area contributed by atoms with Crippen molar-refractivity contribution in [3.8, 4) is 11.4 Å². The molecule has 1 atom stereocenters. The standard InChI is InChI=1S/C21H20N6O4S/c1-13-6-7-14(19-24-21(31-25-19)16-8-10-27(16)32(2,29)30)11-15(13)23-20(28)17-12-22-18-5-3-4-9-26(17)18/h3-7,9,11-12,16H,8,10H2,1-2H3,(H,23,28)/t16-/m1/s1. The topological polar surface area (TPSA) is 123 Å². The van der Waals surface area contributed by atoms with Crippen LogP contribution in [0, 0.1) is 6.92 Å². The molecule has 10 nitrogen and oxygen atoms in total. The molecule has 1 fully saturated rings. The van der Waals surface area contributed by atoms with E-state index < -0.39 is 16.1 Å². The third-order valence-corrected chi connectivity index (χ3v) is 6.81. The van der Waals surface area contributed by atoms with E-state index in [0.29, 0.717) is 41.4 Å². The number of carbonyl (C=O) groups is 1. The van der Waals surface area contributed by atoms with Crippen LogP contribution < -0.4 is 5.32 Å². The average molecular weight is 452 g/mol. The molecule has 1 aliphatic rings. The zero-order valence-electron chi connectivity index (χ0n) is 17.4. The molecule has 1 saturated heterocycles. The van der Waals surface area contributed by atoms with E-state index in [-0.39, 0.29) is 11.8 Å². The molecule has 164 valence electrons. The second-order valence-electron chi connectivity index (χ2n) is 7.69. The number of benzene rings is 1. The Labute approximate surface area is 183 Å². The first kappa shape index (κ1) is 20.3. The second kappa shape index (κ2) is 7.53. The van der Waals surface area contributed by atoms with Crippen molar-refractivity contribution in [3.63, 3.8) is 0 Å². The molecule has 1 amide bonds. The molecule has 0 radical (unpaired) electrons. The molecular weight excluding hydrogens is 432 g/mol. The van der Waals surface area contributed by atoms with Crippen molar-refractivity contribution in [2.45, 2.75) is 19.4 Å². The van der Waals surface area contributed by atoms with Crippen LogP contribution in [0.5, 0.6) is 0 Å². The smallest absolute Gasteiger partial charge is 0.274 e. The van der Waals surface area contributed by atoms with Gasteiger partial charge < -0.3 is 9.84 Å². The number of anilines is 1. The Hall–Kier alpha value is -3.57. The first-order valence-electron chi connectivity index (χ1n) is 9.96.